The number of guanidine groups is 1. The summed E-state index contributed by atoms with van der Waals surface area (Å²) in [4.78, 5) is 8.35. The Bertz CT molecular complexity index is 438. The summed E-state index contributed by atoms with van der Waals surface area (Å²) in [6.07, 6.45) is 8.14. The predicted molar refractivity (Wildman–Crippen MR) is 82.0 cm³/mol. The maximum Gasteiger partial charge on any atom is 0.191 e. The van der Waals surface area contributed by atoms with Crippen LogP contribution in [0.5, 0.6) is 0 Å². The van der Waals surface area contributed by atoms with Gasteiger partial charge in [-0.3, -0.25) is 9.67 Å². The molecule has 1 aromatic heterocycles. The Labute approximate surface area is 126 Å². The molecule has 7 nitrogen and oxygen atoms in total. The van der Waals surface area contributed by atoms with Crippen molar-refractivity contribution in [3.63, 3.8) is 0 Å². The van der Waals surface area contributed by atoms with E-state index < -0.39 is 0 Å². The Morgan fingerprint density at radius 3 is 2.90 bits per heavy atom. The Morgan fingerprint density at radius 2 is 2.24 bits per heavy atom. The van der Waals surface area contributed by atoms with E-state index in [1.165, 1.54) is 25.7 Å². The van der Waals surface area contributed by atoms with Gasteiger partial charge in [0, 0.05) is 27.2 Å². The molecule has 2 N–H and O–H groups in total. The lowest BCUT2D eigenvalue weighted by Gasteiger charge is -2.13. The van der Waals surface area contributed by atoms with E-state index >= 15 is 0 Å². The quantitative estimate of drug-likeness (QED) is 0.442. The highest BCUT2D eigenvalue weighted by molar-refractivity contribution is 5.79. The first-order chi connectivity index (χ1) is 10.3. The second-order valence-electron chi connectivity index (χ2n) is 5.28. The number of ether oxygens (including phenoxy) is 1. The molecule has 0 amide bonds. The topological polar surface area (TPSA) is 76.4 Å². The molecule has 0 aliphatic heterocycles. The highest BCUT2D eigenvalue weighted by atomic mass is 16.5. The molecule has 1 aliphatic carbocycles. The van der Waals surface area contributed by atoms with Crippen molar-refractivity contribution < 1.29 is 4.74 Å². The molecule has 1 aromatic rings. The lowest BCUT2D eigenvalue weighted by Crippen LogP contribution is -2.38. The van der Waals surface area contributed by atoms with Gasteiger partial charge in [0.15, 0.2) is 5.96 Å². The monoisotopic (exact) mass is 294 g/mol. The van der Waals surface area contributed by atoms with E-state index in [4.69, 9.17) is 4.74 Å². The third-order valence-electron chi connectivity index (χ3n) is 3.71. The Balaban J connectivity index is 1.56. The first-order valence-corrected chi connectivity index (χ1v) is 7.68. The Morgan fingerprint density at radius 1 is 1.43 bits per heavy atom. The summed E-state index contributed by atoms with van der Waals surface area (Å²) < 4.78 is 7.58. The molecule has 0 atom stereocenters. The van der Waals surface area contributed by atoms with Crippen molar-refractivity contribution in [2.24, 2.45) is 12.0 Å². The number of rotatable bonds is 7. The van der Waals surface area contributed by atoms with Gasteiger partial charge in [0.2, 0.25) is 0 Å². The summed E-state index contributed by atoms with van der Waals surface area (Å²) in [5.41, 5.74) is 0. The number of aliphatic imine (C=N–C) groups is 1. The zero-order chi connectivity index (χ0) is 14.9. The van der Waals surface area contributed by atoms with Crippen molar-refractivity contribution >= 4 is 5.96 Å². The van der Waals surface area contributed by atoms with Gasteiger partial charge in [-0.05, 0) is 19.3 Å². The molecule has 1 aliphatic rings. The molecule has 2 rings (SSSR count). The average Bonchev–Trinajstić information content (AvgIpc) is 3.14. The minimum absolute atomic E-state index is 0.498. The minimum atomic E-state index is 0.498. The molecule has 0 bridgehead atoms. The van der Waals surface area contributed by atoms with Crippen molar-refractivity contribution in [3.05, 3.63) is 12.2 Å². The van der Waals surface area contributed by atoms with Gasteiger partial charge in [-0.2, -0.15) is 5.10 Å². The van der Waals surface area contributed by atoms with E-state index in [1.807, 2.05) is 7.05 Å². The lowest BCUT2D eigenvalue weighted by atomic mass is 10.3. The van der Waals surface area contributed by atoms with Crippen molar-refractivity contribution in [1.82, 2.24) is 25.4 Å². The zero-order valence-corrected chi connectivity index (χ0v) is 13.0. The van der Waals surface area contributed by atoms with Crippen LogP contribution in [0.1, 0.15) is 37.9 Å². The minimum Gasteiger partial charge on any atom is -0.378 e. The third kappa shape index (κ3) is 5.34. The summed E-state index contributed by atoms with van der Waals surface area (Å²) >= 11 is 0. The zero-order valence-electron chi connectivity index (χ0n) is 13.0. The molecule has 1 saturated carbocycles. The van der Waals surface area contributed by atoms with Crippen LogP contribution in [-0.4, -0.2) is 47.0 Å². The molecule has 0 radical (unpaired) electrons. The van der Waals surface area contributed by atoms with Crippen LogP contribution in [0.2, 0.25) is 0 Å². The van der Waals surface area contributed by atoms with E-state index in [0.29, 0.717) is 12.6 Å². The fourth-order valence-electron chi connectivity index (χ4n) is 2.45. The van der Waals surface area contributed by atoms with Gasteiger partial charge in [-0.25, -0.2) is 4.98 Å². The number of aryl methyl sites for hydroxylation is 1. The summed E-state index contributed by atoms with van der Waals surface area (Å²) in [7, 11) is 3.64. The van der Waals surface area contributed by atoms with E-state index in [1.54, 1.807) is 18.1 Å². The van der Waals surface area contributed by atoms with Gasteiger partial charge in [0.25, 0.3) is 0 Å². The van der Waals surface area contributed by atoms with E-state index in [2.05, 4.69) is 25.7 Å². The number of hydrogen-bond donors (Lipinski definition) is 2. The second kappa shape index (κ2) is 8.61. The third-order valence-corrected chi connectivity index (χ3v) is 3.71. The molecular formula is C14H26N6O. The molecule has 118 valence electrons. The standard InChI is InChI=1S/C14H26N6O/c1-15-14(17-10-13-18-11-19-20(13)2)16-8-5-9-21-12-6-3-4-7-12/h11-12H,3-10H2,1-2H3,(H2,15,16,17). The molecule has 0 aromatic carbocycles. The Kier molecular flexibility index (Phi) is 6.46. The van der Waals surface area contributed by atoms with E-state index in [-0.39, 0.29) is 0 Å². The SMILES string of the molecule is CN=C(NCCCOC1CCCC1)NCc1ncnn1C. The summed E-state index contributed by atoms with van der Waals surface area (Å²) in [5.74, 6) is 1.65. The van der Waals surface area contributed by atoms with Crippen LogP contribution in [-0.2, 0) is 18.3 Å². The summed E-state index contributed by atoms with van der Waals surface area (Å²) in [6.45, 7) is 2.28. The van der Waals surface area contributed by atoms with Gasteiger partial charge in [0.05, 0.1) is 12.6 Å². The number of nitrogens with one attached hydrogen (secondary N) is 2. The van der Waals surface area contributed by atoms with Crippen molar-refractivity contribution in [1.29, 1.82) is 0 Å². The van der Waals surface area contributed by atoms with Crippen LogP contribution in [0.25, 0.3) is 0 Å². The van der Waals surface area contributed by atoms with Crippen molar-refractivity contribution in [3.8, 4) is 0 Å². The molecule has 1 fully saturated rings. The number of hydrogen-bond acceptors (Lipinski definition) is 4. The highest BCUT2D eigenvalue weighted by Gasteiger charge is 2.14. The second-order valence-corrected chi connectivity index (χ2v) is 5.28. The first kappa shape index (κ1) is 15.8. The van der Waals surface area contributed by atoms with Crippen LogP contribution in [0, 0.1) is 0 Å². The first-order valence-electron chi connectivity index (χ1n) is 7.68. The molecule has 0 saturated heterocycles. The summed E-state index contributed by atoms with van der Waals surface area (Å²) in [6, 6.07) is 0. The highest BCUT2D eigenvalue weighted by Crippen LogP contribution is 2.20. The fourth-order valence-corrected chi connectivity index (χ4v) is 2.45. The molecule has 0 unspecified atom stereocenters. The molecule has 7 heteroatoms. The van der Waals surface area contributed by atoms with Gasteiger partial charge < -0.3 is 15.4 Å². The largest absolute Gasteiger partial charge is 0.378 e. The smallest absolute Gasteiger partial charge is 0.191 e. The predicted octanol–water partition coefficient (Wildman–Crippen LogP) is 0.829. The van der Waals surface area contributed by atoms with Gasteiger partial charge >= 0.3 is 0 Å². The van der Waals surface area contributed by atoms with Crippen LogP contribution in [0.15, 0.2) is 11.3 Å². The number of aromatic nitrogens is 3. The van der Waals surface area contributed by atoms with Gasteiger partial charge in [-0.1, -0.05) is 12.8 Å². The van der Waals surface area contributed by atoms with Crippen LogP contribution in [0.3, 0.4) is 0 Å². The van der Waals surface area contributed by atoms with Gasteiger partial charge in [0.1, 0.15) is 12.2 Å². The molecule has 21 heavy (non-hydrogen) atoms. The van der Waals surface area contributed by atoms with Crippen LogP contribution >= 0.6 is 0 Å². The van der Waals surface area contributed by atoms with E-state index in [9.17, 15) is 0 Å². The maximum absolute atomic E-state index is 5.83. The lowest BCUT2D eigenvalue weighted by molar-refractivity contribution is 0.0574. The normalized spacial score (nSPS) is 16.4. The average molecular weight is 294 g/mol. The molecule has 0 spiro atoms. The molecular weight excluding hydrogens is 268 g/mol. The van der Waals surface area contributed by atoms with Crippen molar-refractivity contribution in [2.45, 2.75) is 44.8 Å². The summed E-state index contributed by atoms with van der Waals surface area (Å²) in [5, 5.41) is 10.5. The van der Waals surface area contributed by atoms with Gasteiger partial charge in [-0.15, -0.1) is 0 Å². The van der Waals surface area contributed by atoms with E-state index in [0.717, 1.165) is 31.4 Å². The van der Waals surface area contributed by atoms with Crippen molar-refractivity contribution in [2.75, 3.05) is 20.2 Å². The van der Waals surface area contributed by atoms with Crippen LogP contribution < -0.4 is 10.6 Å². The van der Waals surface area contributed by atoms with Crippen LogP contribution in [0.4, 0.5) is 0 Å². The maximum atomic E-state index is 5.83. The fraction of sp³-hybridized carbons (Fsp3) is 0.786. The molecule has 1 heterocycles. The Hall–Kier alpha value is -1.63. The number of nitrogens with zero attached hydrogens (tertiary/aromatic N) is 4.